The fourth-order valence-corrected chi connectivity index (χ4v) is 3.50. The molecule has 4 aromatic rings. The molecule has 0 N–H and O–H groups in total. The molecule has 31 heavy (non-hydrogen) atoms. The molecule has 0 saturated heterocycles. The van der Waals surface area contributed by atoms with E-state index in [1.54, 1.807) is 34.8 Å². The minimum Gasteiger partial charge on any atom is -0.361 e. The van der Waals surface area contributed by atoms with Crippen LogP contribution in [0, 0.1) is 10.1 Å². The summed E-state index contributed by atoms with van der Waals surface area (Å²) in [6.07, 6.45) is 3.22. The van der Waals surface area contributed by atoms with Crippen LogP contribution in [0.15, 0.2) is 71.4 Å². The monoisotopic (exact) mass is 418 g/mol. The van der Waals surface area contributed by atoms with Crippen molar-refractivity contribution in [3.8, 4) is 11.3 Å². The Balaban J connectivity index is 1.31. The Bertz CT molecular complexity index is 1210. The summed E-state index contributed by atoms with van der Waals surface area (Å²) in [6, 6.07) is 18.2. The van der Waals surface area contributed by atoms with Crippen LogP contribution in [0.3, 0.4) is 0 Å². The molecular formula is C23H22N4O4. The number of hydrogen-bond donors (Lipinski definition) is 0. The van der Waals surface area contributed by atoms with E-state index in [9.17, 15) is 14.9 Å². The predicted octanol–water partition coefficient (Wildman–Crippen LogP) is 4.30. The highest BCUT2D eigenvalue weighted by Gasteiger charge is 2.14. The summed E-state index contributed by atoms with van der Waals surface area (Å²) >= 11 is 0. The molecule has 1 amide bonds. The van der Waals surface area contributed by atoms with Crippen molar-refractivity contribution < 1.29 is 14.2 Å². The summed E-state index contributed by atoms with van der Waals surface area (Å²) in [5.74, 6) is 0.760. The second kappa shape index (κ2) is 8.83. The molecular weight excluding hydrogens is 396 g/mol. The van der Waals surface area contributed by atoms with E-state index in [1.165, 1.54) is 12.1 Å². The van der Waals surface area contributed by atoms with E-state index < -0.39 is 4.92 Å². The van der Waals surface area contributed by atoms with E-state index in [1.807, 2.05) is 36.4 Å². The lowest BCUT2D eigenvalue weighted by atomic mass is 10.1. The van der Waals surface area contributed by atoms with E-state index in [0.29, 0.717) is 13.0 Å². The van der Waals surface area contributed by atoms with Crippen LogP contribution in [0.4, 0.5) is 5.69 Å². The number of nitro groups is 1. The smallest absolute Gasteiger partial charge is 0.270 e. The fraction of sp³-hybridized carbons (Fsp3) is 0.217. The van der Waals surface area contributed by atoms with Gasteiger partial charge in [-0.05, 0) is 18.6 Å². The average molecular weight is 418 g/mol. The number of fused-ring (bicyclic) bond motifs is 1. The van der Waals surface area contributed by atoms with E-state index in [0.717, 1.165) is 34.3 Å². The third-order valence-corrected chi connectivity index (χ3v) is 5.24. The molecule has 158 valence electrons. The number of non-ortho nitro benzene ring substituents is 1. The summed E-state index contributed by atoms with van der Waals surface area (Å²) < 4.78 is 7.22. The minimum absolute atomic E-state index is 0.0293. The molecule has 0 aliphatic rings. The minimum atomic E-state index is -0.424. The van der Waals surface area contributed by atoms with Gasteiger partial charge in [0.2, 0.25) is 5.91 Å². The highest BCUT2D eigenvalue weighted by atomic mass is 16.6. The topological polar surface area (TPSA) is 94.4 Å². The zero-order valence-corrected chi connectivity index (χ0v) is 17.1. The Hall–Kier alpha value is -3.94. The maximum atomic E-state index is 12.6. The molecule has 8 heteroatoms. The normalized spacial score (nSPS) is 11.0. The van der Waals surface area contributed by atoms with Crippen molar-refractivity contribution >= 4 is 22.5 Å². The van der Waals surface area contributed by atoms with Crippen LogP contribution in [0.1, 0.15) is 12.2 Å². The van der Waals surface area contributed by atoms with Crippen LogP contribution in [-0.4, -0.2) is 39.0 Å². The maximum absolute atomic E-state index is 12.6. The van der Waals surface area contributed by atoms with Gasteiger partial charge in [-0.25, -0.2) is 0 Å². The van der Waals surface area contributed by atoms with Crippen LogP contribution >= 0.6 is 0 Å². The number of amides is 1. The molecule has 0 spiro atoms. The van der Waals surface area contributed by atoms with Gasteiger partial charge in [0, 0.05) is 60.9 Å². The Labute approximate surface area is 178 Å². The lowest BCUT2D eigenvalue weighted by molar-refractivity contribution is -0.384. The number of aryl methyl sites for hydroxylation is 1. The van der Waals surface area contributed by atoms with Gasteiger partial charge < -0.3 is 14.0 Å². The summed E-state index contributed by atoms with van der Waals surface area (Å²) in [6.45, 7) is 0.767. The van der Waals surface area contributed by atoms with Gasteiger partial charge in [0.15, 0.2) is 0 Å². The van der Waals surface area contributed by atoms with Crippen LogP contribution < -0.4 is 0 Å². The molecule has 0 aliphatic heterocycles. The van der Waals surface area contributed by atoms with Crippen LogP contribution in [0.2, 0.25) is 0 Å². The first-order chi connectivity index (χ1) is 15.0. The molecule has 4 rings (SSSR count). The maximum Gasteiger partial charge on any atom is 0.270 e. The molecule has 0 unspecified atom stereocenters. The van der Waals surface area contributed by atoms with Gasteiger partial charge in [-0.15, -0.1) is 0 Å². The van der Waals surface area contributed by atoms with E-state index in [2.05, 4.69) is 5.16 Å². The average Bonchev–Trinajstić information content (AvgIpc) is 3.41. The Morgan fingerprint density at radius 2 is 1.97 bits per heavy atom. The Kier molecular flexibility index (Phi) is 5.79. The van der Waals surface area contributed by atoms with Gasteiger partial charge in [0.1, 0.15) is 18.0 Å². The van der Waals surface area contributed by atoms with E-state index in [4.69, 9.17) is 4.52 Å². The van der Waals surface area contributed by atoms with Gasteiger partial charge in [0.25, 0.3) is 5.69 Å². The molecule has 8 nitrogen and oxygen atoms in total. The highest BCUT2D eigenvalue weighted by Crippen LogP contribution is 2.22. The number of nitro benzene ring substituents is 1. The number of likely N-dealkylation sites (N-methyl/N-ethyl adjacent to an activating group) is 1. The Morgan fingerprint density at radius 1 is 1.16 bits per heavy atom. The van der Waals surface area contributed by atoms with Crippen LogP contribution in [0.25, 0.3) is 22.2 Å². The molecule has 2 aromatic heterocycles. The molecule has 0 fully saturated rings. The molecule has 0 aliphatic carbocycles. The molecule has 2 aromatic carbocycles. The van der Waals surface area contributed by atoms with Crippen molar-refractivity contribution in [2.75, 3.05) is 13.6 Å². The number of carbonyl (C=O) groups excluding carboxylic acids is 1. The van der Waals surface area contributed by atoms with Crippen LogP contribution in [-0.2, 0) is 17.8 Å². The zero-order chi connectivity index (χ0) is 21.8. The summed E-state index contributed by atoms with van der Waals surface area (Å²) in [7, 11) is 1.77. The molecule has 0 atom stereocenters. The number of benzene rings is 2. The third-order valence-electron chi connectivity index (χ3n) is 5.24. The van der Waals surface area contributed by atoms with Crippen molar-refractivity contribution in [3.05, 3.63) is 82.7 Å². The van der Waals surface area contributed by atoms with Gasteiger partial charge in [0.05, 0.1) is 4.92 Å². The van der Waals surface area contributed by atoms with Crippen molar-refractivity contribution in [3.63, 3.8) is 0 Å². The predicted molar refractivity (Wildman–Crippen MR) is 116 cm³/mol. The van der Waals surface area contributed by atoms with Crippen molar-refractivity contribution in [2.45, 2.75) is 19.4 Å². The number of carbonyl (C=O) groups is 1. The van der Waals surface area contributed by atoms with Gasteiger partial charge in [-0.1, -0.05) is 35.5 Å². The number of nitrogens with zero attached hydrogens (tertiary/aromatic N) is 4. The molecule has 0 saturated carbocycles. The molecule has 0 radical (unpaired) electrons. The first kappa shape index (κ1) is 20.3. The van der Waals surface area contributed by atoms with Crippen molar-refractivity contribution in [1.29, 1.82) is 0 Å². The first-order valence-corrected chi connectivity index (χ1v) is 9.99. The standard InChI is InChI=1S/C23H22N4O4/c1-25(12-5-8-20-15-21(24-31-20)17-6-3-2-4-7-17)23(28)16-26-13-11-18-14-19(27(29)30)9-10-22(18)26/h2-4,6-7,9-11,13-15H,5,8,12,16H2,1H3. The van der Waals surface area contributed by atoms with E-state index in [-0.39, 0.29) is 18.1 Å². The second-order valence-electron chi connectivity index (χ2n) is 7.41. The molecule has 0 bridgehead atoms. The summed E-state index contributed by atoms with van der Waals surface area (Å²) in [4.78, 5) is 24.8. The van der Waals surface area contributed by atoms with E-state index >= 15 is 0 Å². The number of hydrogen-bond acceptors (Lipinski definition) is 5. The highest BCUT2D eigenvalue weighted by molar-refractivity contribution is 5.85. The number of aromatic nitrogens is 2. The van der Waals surface area contributed by atoms with Crippen molar-refractivity contribution in [2.24, 2.45) is 0 Å². The second-order valence-corrected chi connectivity index (χ2v) is 7.41. The molecule has 2 heterocycles. The Morgan fingerprint density at radius 3 is 2.74 bits per heavy atom. The summed E-state index contributed by atoms with van der Waals surface area (Å²) in [5, 5.41) is 15.8. The van der Waals surface area contributed by atoms with Crippen LogP contribution in [0.5, 0.6) is 0 Å². The quantitative estimate of drug-likeness (QED) is 0.314. The lowest BCUT2D eigenvalue weighted by Crippen LogP contribution is -2.31. The van der Waals surface area contributed by atoms with Gasteiger partial charge in [-0.3, -0.25) is 14.9 Å². The zero-order valence-electron chi connectivity index (χ0n) is 17.1. The summed E-state index contributed by atoms with van der Waals surface area (Å²) in [5.41, 5.74) is 2.65. The number of rotatable bonds is 8. The SMILES string of the molecule is CN(CCCc1cc(-c2ccccc2)no1)C(=O)Cn1ccc2cc([N+](=O)[O-])ccc21. The van der Waals surface area contributed by atoms with Gasteiger partial charge in [-0.2, -0.15) is 0 Å². The first-order valence-electron chi connectivity index (χ1n) is 9.99. The lowest BCUT2D eigenvalue weighted by Gasteiger charge is -2.17. The fourth-order valence-electron chi connectivity index (χ4n) is 3.50. The largest absolute Gasteiger partial charge is 0.361 e. The third kappa shape index (κ3) is 4.63. The van der Waals surface area contributed by atoms with Crippen molar-refractivity contribution in [1.82, 2.24) is 14.6 Å². The van der Waals surface area contributed by atoms with Gasteiger partial charge >= 0.3 is 0 Å².